The molecule has 2 fully saturated rings. The van der Waals surface area contributed by atoms with E-state index in [1.165, 1.54) is 12.3 Å². The first-order valence-electron chi connectivity index (χ1n) is 8.66. The van der Waals surface area contributed by atoms with Crippen LogP contribution in [-0.2, 0) is 14.2 Å². The van der Waals surface area contributed by atoms with Crippen molar-refractivity contribution in [1.82, 2.24) is 9.55 Å². The number of hydrogen-bond acceptors (Lipinski definition) is 8. The zero-order chi connectivity index (χ0) is 19.7. The Morgan fingerprint density at radius 1 is 1.32 bits per heavy atom. The Labute approximate surface area is 159 Å². The van der Waals surface area contributed by atoms with Crippen molar-refractivity contribution in [3.05, 3.63) is 58.6 Å². The van der Waals surface area contributed by atoms with Crippen LogP contribution in [-0.4, -0.2) is 63.5 Å². The van der Waals surface area contributed by atoms with Gasteiger partial charge in [0.25, 0.3) is 5.91 Å². The summed E-state index contributed by atoms with van der Waals surface area (Å²) in [4.78, 5) is 28.6. The van der Waals surface area contributed by atoms with Gasteiger partial charge < -0.3 is 29.7 Å². The molecule has 2 aliphatic rings. The molecular weight excluding hydrogens is 370 g/mol. The Kier molecular flexibility index (Phi) is 4.96. The highest BCUT2D eigenvalue weighted by Gasteiger charge is 2.57. The second kappa shape index (κ2) is 7.41. The number of rotatable bonds is 4. The fourth-order valence-corrected chi connectivity index (χ4v) is 3.31. The van der Waals surface area contributed by atoms with Crippen LogP contribution in [0.2, 0.25) is 0 Å². The molecule has 0 spiro atoms. The molecule has 3 heterocycles. The number of benzene rings is 1. The van der Waals surface area contributed by atoms with Gasteiger partial charge in [0, 0.05) is 11.8 Å². The molecule has 10 heteroatoms. The van der Waals surface area contributed by atoms with Gasteiger partial charge in [0.05, 0.1) is 13.2 Å². The molecule has 0 saturated carbocycles. The summed E-state index contributed by atoms with van der Waals surface area (Å²) in [5.74, 6) is -0.320. The van der Waals surface area contributed by atoms with Crippen LogP contribution in [0.1, 0.15) is 16.6 Å². The van der Waals surface area contributed by atoms with Gasteiger partial charge in [-0.2, -0.15) is 4.98 Å². The lowest BCUT2D eigenvalue weighted by Gasteiger charge is -2.28. The van der Waals surface area contributed by atoms with Gasteiger partial charge in [-0.15, -0.1) is 0 Å². The molecule has 3 N–H and O–H groups in total. The van der Waals surface area contributed by atoms with Crippen LogP contribution in [0.15, 0.2) is 47.4 Å². The molecule has 10 nitrogen and oxygen atoms in total. The fourth-order valence-electron chi connectivity index (χ4n) is 3.31. The van der Waals surface area contributed by atoms with E-state index in [0.29, 0.717) is 5.56 Å². The summed E-state index contributed by atoms with van der Waals surface area (Å²) in [6, 6.07) is 9.96. The molecule has 2 aliphatic heterocycles. The van der Waals surface area contributed by atoms with Crippen molar-refractivity contribution in [2.24, 2.45) is 0 Å². The topological polar surface area (TPSA) is 132 Å². The summed E-state index contributed by atoms with van der Waals surface area (Å²) in [6.07, 6.45) is -1.71. The highest BCUT2D eigenvalue weighted by atomic mass is 16.7. The highest BCUT2D eigenvalue weighted by Crippen LogP contribution is 2.40. The van der Waals surface area contributed by atoms with Gasteiger partial charge >= 0.3 is 5.69 Å². The predicted octanol–water partition coefficient (Wildman–Crippen LogP) is -0.511. The Morgan fingerprint density at radius 3 is 2.82 bits per heavy atom. The van der Waals surface area contributed by atoms with Crippen molar-refractivity contribution in [2.75, 3.05) is 25.3 Å². The van der Waals surface area contributed by atoms with Gasteiger partial charge in [-0.05, 0) is 18.2 Å². The maximum absolute atomic E-state index is 12.5. The van der Waals surface area contributed by atoms with Gasteiger partial charge in [-0.25, -0.2) is 4.79 Å². The van der Waals surface area contributed by atoms with Gasteiger partial charge in [0.15, 0.2) is 6.23 Å². The van der Waals surface area contributed by atoms with E-state index in [9.17, 15) is 19.8 Å². The highest BCUT2D eigenvalue weighted by molar-refractivity contribution is 6.03. The van der Waals surface area contributed by atoms with Crippen LogP contribution in [0.25, 0.3) is 0 Å². The fraction of sp³-hybridized carbons (Fsp3) is 0.389. The third-order valence-corrected chi connectivity index (χ3v) is 4.83. The molecule has 4 rings (SSSR count). The zero-order valence-corrected chi connectivity index (χ0v) is 14.7. The number of amides is 1. The summed E-state index contributed by atoms with van der Waals surface area (Å²) in [5, 5.41) is 22.7. The van der Waals surface area contributed by atoms with Crippen LogP contribution in [0.4, 0.5) is 5.82 Å². The van der Waals surface area contributed by atoms with Crippen molar-refractivity contribution >= 4 is 11.7 Å². The Hall–Kier alpha value is -2.63. The average molecular weight is 389 g/mol. The molecule has 2 unspecified atom stereocenters. The number of carbonyl (C=O) groups excluding carboxylic acids is 1. The first-order valence-corrected chi connectivity index (χ1v) is 8.66. The number of fused-ring (bicyclic) bond motifs is 2. The number of nitrogens with zero attached hydrogens (tertiary/aromatic N) is 2. The number of nitrogens with one attached hydrogen (secondary N) is 1. The molecule has 0 radical (unpaired) electrons. The second-order valence-electron chi connectivity index (χ2n) is 6.60. The van der Waals surface area contributed by atoms with E-state index in [4.69, 9.17) is 14.2 Å². The molecule has 148 valence electrons. The quantitative estimate of drug-likeness (QED) is 0.637. The van der Waals surface area contributed by atoms with Gasteiger partial charge in [0.2, 0.25) is 0 Å². The Balaban J connectivity index is 1.57. The van der Waals surface area contributed by atoms with E-state index in [0.717, 1.165) is 4.57 Å². The van der Waals surface area contributed by atoms with E-state index < -0.39 is 42.2 Å². The third kappa shape index (κ3) is 3.21. The summed E-state index contributed by atoms with van der Waals surface area (Å²) in [5.41, 5.74) is -1.66. The second-order valence-corrected chi connectivity index (χ2v) is 6.60. The lowest BCUT2D eigenvalue weighted by atomic mass is 9.97. The molecule has 2 saturated heterocycles. The van der Waals surface area contributed by atoms with Crippen LogP contribution in [0, 0.1) is 0 Å². The molecule has 4 atom stereocenters. The standard InChI is InChI=1S/C18H19N3O7/c22-8-18-9-26-10-27-13(14(18)23)16(28-18)21-7-6-12(20-17(21)25)19-15(24)11-4-2-1-3-5-11/h1-7,13-14,16,22-23H,8-10H2,(H,19,20,24,25)/t13?,14?,16-,18+/m1/s1. The zero-order valence-electron chi connectivity index (χ0n) is 14.7. The minimum absolute atomic E-state index is 0.0783. The Morgan fingerprint density at radius 2 is 2.11 bits per heavy atom. The maximum atomic E-state index is 12.5. The number of ether oxygens (including phenoxy) is 3. The first kappa shape index (κ1) is 18.7. The number of aromatic nitrogens is 2. The van der Waals surface area contributed by atoms with Crippen LogP contribution in [0.5, 0.6) is 0 Å². The van der Waals surface area contributed by atoms with Crippen LogP contribution >= 0.6 is 0 Å². The number of anilines is 1. The summed E-state index contributed by atoms with van der Waals surface area (Å²) < 4.78 is 17.5. The lowest BCUT2D eigenvalue weighted by Crippen LogP contribution is -2.48. The third-order valence-electron chi connectivity index (χ3n) is 4.83. The van der Waals surface area contributed by atoms with E-state index in [1.807, 2.05) is 0 Å². The summed E-state index contributed by atoms with van der Waals surface area (Å²) >= 11 is 0. The van der Waals surface area contributed by atoms with Crippen LogP contribution < -0.4 is 11.0 Å². The average Bonchev–Trinajstić information content (AvgIpc) is 2.85. The molecule has 0 aliphatic carbocycles. The maximum Gasteiger partial charge on any atom is 0.351 e. The van der Waals surface area contributed by atoms with E-state index in [1.54, 1.807) is 30.3 Å². The van der Waals surface area contributed by atoms with Crippen molar-refractivity contribution < 1.29 is 29.2 Å². The minimum Gasteiger partial charge on any atom is -0.393 e. The van der Waals surface area contributed by atoms with Crippen LogP contribution in [0.3, 0.4) is 0 Å². The molecule has 1 aromatic carbocycles. The SMILES string of the molecule is O=C(Nc1ccn([C@@H]2O[C@@]3(CO)COCOC2C3O)c(=O)n1)c1ccccc1. The van der Waals surface area contributed by atoms with E-state index in [-0.39, 0.29) is 19.2 Å². The van der Waals surface area contributed by atoms with Crippen molar-refractivity contribution in [3.63, 3.8) is 0 Å². The van der Waals surface area contributed by atoms with Crippen molar-refractivity contribution in [2.45, 2.75) is 24.0 Å². The molecule has 1 aromatic heterocycles. The molecular formula is C18H19N3O7. The van der Waals surface area contributed by atoms with Gasteiger partial charge in [-0.1, -0.05) is 18.2 Å². The molecule has 2 aromatic rings. The number of aliphatic hydroxyl groups is 2. The minimum atomic E-state index is -1.38. The van der Waals surface area contributed by atoms with E-state index in [2.05, 4.69) is 10.3 Å². The summed E-state index contributed by atoms with van der Waals surface area (Å²) in [6.45, 7) is -0.681. The first-order chi connectivity index (χ1) is 13.5. The van der Waals surface area contributed by atoms with Crippen molar-refractivity contribution in [3.8, 4) is 0 Å². The normalized spacial score (nSPS) is 29.3. The van der Waals surface area contributed by atoms with Gasteiger partial charge in [0.1, 0.15) is 30.4 Å². The van der Waals surface area contributed by atoms with Crippen molar-refractivity contribution in [1.29, 1.82) is 0 Å². The van der Waals surface area contributed by atoms with E-state index >= 15 is 0 Å². The number of hydrogen-bond donors (Lipinski definition) is 3. The monoisotopic (exact) mass is 389 g/mol. The number of carbonyl (C=O) groups is 1. The smallest absolute Gasteiger partial charge is 0.351 e. The number of aliphatic hydroxyl groups excluding tert-OH is 2. The lowest BCUT2D eigenvalue weighted by molar-refractivity contribution is -0.199. The summed E-state index contributed by atoms with van der Waals surface area (Å²) in [7, 11) is 0. The Bertz CT molecular complexity index is 919. The largest absolute Gasteiger partial charge is 0.393 e. The van der Waals surface area contributed by atoms with Gasteiger partial charge in [-0.3, -0.25) is 9.36 Å². The molecule has 1 amide bonds. The predicted molar refractivity (Wildman–Crippen MR) is 94.5 cm³/mol. The molecule has 2 bridgehead atoms. The molecule has 28 heavy (non-hydrogen) atoms.